The Morgan fingerprint density at radius 1 is 0.938 bits per heavy atom. The summed E-state index contributed by atoms with van der Waals surface area (Å²) in [4.78, 5) is 13.1. The lowest BCUT2D eigenvalue weighted by Crippen LogP contribution is -2.37. The number of rotatable bonds is 5. The number of para-hydroxylation sites is 1. The quantitative estimate of drug-likeness (QED) is 0.616. The third-order valence-electron chi connectivity index (χ3n) is 5.09. The van der Waals surface area contributed by atoms with Crippen molar-refractivity contribution >= 4 is 32.9 Å². The summed E-state index contributed by atoms with van der Waals surface area (Å²) in [5, 5.41) is 2.75. The SMILES string of the molecule is CC(C)Oc1cccc(NC(=O)C2=C(c3ccccc3)c3ccccc3N(C)S2(=O)=O)c1. The second-order valence-corrected chi connectivity index (χ2v) is 9.61. The average Bonchev–Trinajstić information content (AvgIpc) is 2.76. The first-order chi connectivity index (χ1) is 15.3. The molecule has 4 rings (SSSR count). The van der Waals surface area contributed by atoms with E-state index in [1.165, 1.54) is 7.05 Å². The summed E-state index contributed by atoms with van der Waals surface area (Å²) in [5.41, 5.74) is 2.68. The molecular formula is C25H24N2O4S. The first kappa shape index (κ1) is 21.6. The van der Waals surface area contributed by atoms with Gasteiger partial charge in [-0.2, -0.15) is 0 Å². The van der Waals surface area contributed by atoms with Crippen LogP contribution < -0.4 is 14.4 Å². The Balaban J connectivity index is 1.87. The number of fused-ring (bicyclic) bond motifs is 1. The minimum atomic E-state index is -4.09. The minimum absolute atomic E-state index is 0.0304. The van der Waals surface area contributed by atoms with Crippen LogP contribution in [-0.4, -0.2) is 27.5 Å². The van der Waals surface area contributed by atoms with Crippen molar-refractivity contribution in [3.05, 3.63) is 94.9 Å². The van der Waals surface area contributed by atoms with Crippen molar-refractivity contribution < 1.29 is 17.9 Å². The van der Waals surface area contributed by atoms with Crippen LogP contribution in [0.4, 0.5) is 11.4 Å². The number of ether oxygens (including phenoxy) is 1. The predicted octanol–water partition coefficient (Wildman–Crippen LogP) is 4.65. The van der Waals surface area contributed by atoms with E-state index >= 15 is 0 Å². The maximum absolute atomic E-state index is 13.5. The van der Waals surface area contributed by atoms with Crippen molar-refractivity contribution in [2.45, 2.75) is 20.0 Å². The summed E-state index contributed by atoms with van der Waals surface area (Å²) in [6.07, 6.45) is -0.0304. The summed E-state index contributed by atoms with van der Waals surface area (Å²) < 4.78 is 33.8. The summed E-state index contributed by atoms with van der Waals surface area (Å²) in [6, 6.07) is 23.2. The molecule has 3 aromatic rings. The van der Waals surface area contributed by atoms with Gasteiger partial charge >= 0.3 is 0 Å². The molecule has 3 aromatic carbocycles. The van der Waals surface area contributed by atoms with Gasteiger partial charge in [0.15, 0.2) is 4.91 Å². The van der Waals surface area contributed by atoms with Crippen molar-refractivity contribution in [2.75, 3.05) is 16.7 Å². The van der Waals surface area contributed by atoms with Gasteiger partial charge in [0.05, 0.1) is 11.8 Å². The fourth-order valence-corrected chi connectivity index (χ4v) is 5.17. The van der Waals surface area contributed by atoms with Gasteiger partial charge in [-0.05, 0) is 37.6 Å². The van der Waals surface area contributed by atoms with Crippen LogP contribution in [0.2, 0.25) is 0 Å². The van der Waals surface area contributed by atoms with Gasteiger partial charge in [-0.15, -0.1) is 0 Å². The molecule has 0 saturated heterocycles. The second kappa shape index (κ2) is 8.51. The lowest BCUT2D eigenvalue weighted by atomic mass is 9.95. The number of anilines is 2. The highest BCUT2D eigenvalue weighted by Gasteiger charge is 2.39. The minimum Gasteiger partial charge on any atom is -0.491 e. The highest BCUT2D eigenvalue weighted by atomic mass is 32.2. The smallest absolute Gasteiger partial charge is 0.270 e. The van der Waals surface area contributed by atoms with Gasteiger partial charge in [0.25, 0.3) is 15.9 Å². The highest BCUT2D eigenvalue weighted by molar-refractivity contribution is 7.97. The van der Waals surface area contributed by atoms with Gasteiger partial charge in [0.2, 0.25) is 0 Å². The first-order valence-electron chi connectivity index (χ1n) is 10.2. The maximum Gasteiger partial charge on any atom is 0.270 e. The summed E-state index contributed by atoms with van der Waals surface area (Å²) in [7, 11) is -2.63. The lowest BCUT2D eigenvalue weighted by Gasteiger charge is -2.30. The topological polar surface area (TPSA) is 75.7 Å². The number of hydrogen-bond donors (Lipinski definition) is 1. The molecule has 6 nitrogen and oxygen atoms in total. The number of amides is 1. The second-order valence-electron chi connectivity index (χ2n) is 7.71. The van der Waals surface area contributed by atoms with E-state index in [0.717, 1.165) is 4.31 Å². The molecule has 0 atom stereocenters. The number of carbonyl (C=O) groups excluding carboxylic acids is 1. The molecular weight excluding hydrogens is 424 g/mol. The number of nitrogens with one attached hydrogen (secondary N) is 1. The molecule has 0 fully saturated rings. The van der Waals surface area contributed by atoms with Gasteiger partial charge in [-0.3, -0.25) is 9.10 Å². The van der Waals surface area contributed by atoms with Crippen LogP contribution in [0, 0.1) is 0 Å². The molecule has 7 heteroatoms. The van der Waals surface area contributed by atoms with Gasteiger partial charge < -0.3 is 10.1 Å². The molecule has 0 saturated carbocycles. The lowest BCUT2D eigenvalue weighted by molar-refractivity contribution is -0.112. The van der Waals surface area contributed by atoms with E-state index in [9.17, 15) is 13.2 Å². The van der Waals surface area contributed by atoms with Crippen molar-refractivity contribution in [1.29, 1.82) is 0 Å². The molecule has 1 aliphatic rings. The van der Waals surface area contributed by atoms with Gasteiger partial charge in [0.1, 0.15) is 5.75 Å². The molecule has 0 aromatic heterocycles. The Morgan fingerprint density at radius 3 is 2.34 bits per heavy atom. The Hall–Kier alpha value is -3.58. The first-order valence-corrected chi connectivity index (χ1v) is 11.7. The Labute approximate surface area is 188 Å². The molecule has 1 heterocycles. The van der Waals surface area contributed by atoms with Crippen molar-refractivity contribution in [3.8, 4) is 5.75 Å². The van der Waals surface area contributed by atoms with E-state index in [-0.39, 0.29) is 11.0 Å². The highest BCUT2D eigenvalue weighted by Crippen LogP contribution is 2.42. The van der Waals surface area contributed by atoms with E-state index in [2.05, 4.69) is 5.32 Å². The zero-order valence-electron chi connectivity index (χ0n) is 18.1. The van der Waals surface area contributed by atoms with Crippen molar-refractivity contribution in [1.82, 2.24) is 0 Å². The van der Waals surface area contributed by atoms with Crippen LogP contribution in [0.25, 0.3) is 5.57 Å². The number of nitrogens with zero attached hydrogens (tertiary/aromatic N) is 1. The number of carbonyl (C=O) groups is 1. The molecule has 164 valence electrons. The Bertz CT molecular complexity index is 1300. The van der Waals surface area contributed by atoms with Crippen LogP contribution >= 0.6 is 0 Å². The van der Waals surface area contributed by atoms with Gasteiger partial charge in [0, 0.05) is 29.9 Å². The number of sulfonamides is 1. The third-order valence-corrected chi connectivity index (χ3v) is 6.91. The third kappa shape index (κ3) is 3.99. The number of hydrogen-bond acceptors (Lipinski definition) is 4. The van der Waals surface area contributed by atoms with E-state index in [4.69, 9.17) is 4.74 Å². The molecule has 0 aliphatic carbocycles. The molecule has 0 bridgehead atoms. The Kier molecular flexibility index (Phi) is 5.76. The molecule has 1 N–H and O–H groups in total. The van der Waals surface area contributed by atoms with Crippen molar-refractivity contribution in [3.63, 3.8) is 0 Å². The largest absolute Gasteiger partial charge is 0.491 e. The standard InChI is InChI=1S/C25H24N2O4S/c1-17(2)31-20-13-9-12-19(16-20)26-25(28)24-23(18-10-5-4-6-11-18)21-14-7-8-15-22(21)27(3)32(24,29)30/h4-17H,1-3H3,(H,26,28). The summed E-state index contributed by atoms with van der Waals surface area (Å²) >= 11 is 0. The molecule has 0 unspecified atom stereocenters. The maximum atomic E-state index is 13.5. The Morgan fingerprint density at radius 2 is 1.62 bits per heavy atom. The van der Waals surface area contributed by atoms with Gasteiger partial charge in [-0.1, -0.05) is 54.6 Å². The summed E-state index contributed by atoms with van der Waals surface area (Å²) in [5.74, 6) is -0.115. The van der Waals surface area contributed by atoms with Crippen LogP contribution in [0.3, 0.4) is 0 Å². The summed E-state index contributed by atoms with van der Waals surface area (Å²) in [6.45, 7) is 3.81. The van der Waals surface area contributed by atoms with Crippen LogP contribution in [-0.2, 0) is 14.8 Å². The molecule has 1 amide bonds. The predicted molar refractivity (Wildman–Crippen MR) is 127 cm³/mol. The number of benzene rings is 3. The van der Waals surface area contributed by atoms with Crippen LogP contribution in [0.15, 0.2) is 83.8 Å². The van der Waals surface area contributed by atoms with Crippen LogP contribution in [0.5, 0.6) is 5.75 Å². The molecule has 32 heavy (non-hydrogen) atoms. The van der Waals surface area contributed by atoms with Crippen molar-refractivity contribution in [2.24, 2.45) is 0 Å². The van der Waals surface area contributed by atoms with E-state index < -0.39 is 15.9 Å². The van der Waals surface area contributed by atoms with E-state index in [1.54, 1.807) is 48.5 Å². The normalized spacial score (nSPS) is 14.8. The monoisotopic (exact) mass is 448 g/mol. The van der Waals surface area contributed by atoms with Gasteiger partial charge in [-0.25, -0.2) is 8.42 Å². The molecule has 1 aliphatic heterocycles. The van der Waals surface area contributed by atoms with E-state index in [1.807, 2.05) is 44.2 Å². The van der Waals surface area contributed by atoms with E-state index in [0.29, 0.717) is 33.8 Å². The fourth-order valence-electron chi connectivity index (χ4n) is 3.71. The molecule has 0 spiro atoms. The average molecular weight is 449 g/mol. The van der Waals surface area contributed by atoms with Crippen LogP contribution in [0.1, 0.15) is 25.0 Å². The fraction of sp³-hybridized carbons (Fsp3) is 0.160. The zero-order valence-corrected chi connectivity index (χ0v) is 18.9. The molecule has 0 radical (unpaired) electrons. The zero-order chi connectivity index (χ0) is 22.9.